The second kappa shape index (κ2) is 16.0. The van der Waals surface area contributed by atoms with Gasteiger partial charge in [-0.15, -0.1) is 0 Å². The van der Waals surface area contributed by atoms with E-state index in [1.165, 1.54) is 89.0 Å². The van der Waals surface area contributed by atoms with E-state index in [1.807, 2.05) is 6.08 Å². The maximum absolute atomic E-state index is 4.05. The summed E-state index contributed by atoms with van der Waals surface area (Å²) in [6, 6.07) is 89.8. The highest BCUT2D eigenvalue weighted by Gasteiger charge is 2.46. The standard InChI is InChI=1S/C66H49N/c1-4-45-17-15-20-49(41-45)50-21-16-24-53(42-50)66(52-22-9-6-10-23-52)62-28-14-12-26-58(62)60-39-33-51(43-64(60)66)48-31-36-55(37-32-48)67(54-34-29-47(30-35-54)46-18-7-5-8-19-46)56-38-40-59-57-25-11-13-27-61(57)65(2,3)63(59)44-56/h4-44H,1H2,2-3H3. The van der Waals surface area contributed by atoms with E-state index in [0.717, 1.165) is 22.6 Å². The van der Waals surface area contributed by atoms with Crippen LogP contribution in [0.5, 0.6) is 0 Å². The Morgan fingerprint density at radius 2 is 0.791 bits per heavy atom. The molecule has 0 heterocycles. The summed E-state index contributed by atoms with van der Waals surface area (Å²) in [5, 5.41) is 0. The van der Waals surface area contributed by atoms with Gasteiger partial charge in [-0.1, -0.05) is 215 Å². The van der Waals surface area contributed by atoms with Crippen molar-refractivity contribution in [3.63, 3.8) is 0 Å². The lowest BCUT2D eigenvalue weighted by molar-refractivity contribution is 0.660. The molecule has 10 aromatic rings. The third-order valence-electron chi connectivity index (χ3n) is 14.5. The number of rotatable bonds is 9. The molecule has 0 aromatic heterocycles. The Hall–Kier alpha value is -8.26. The Morgan fingerprint density at radius 3 is 1.49 bits per heavy atom. The molecule has 0 saturated heterocycles. The number of benzene rings is 10. The van der Waals surface area contributed by atoms with E-state index >= 15 is 0 Å². The Kier molecular flexibility index (Phi) is 9.62. The van der Waals surface area contributed by atoms with Crippen LogP contribution in [-0.4, -0.2) is 0 Å². The van der Waals surface area contributed by atoms with Gasteiger partial charge in [0.25, 0.3) is 0 Å². The van der Waals surface area contributed by atoms with E-state index in [4.69, 9.17) is 0 Å². The molecule has 1 unspecified atom stereocenters. The van der Waals surface area contributed by atoms with Crippen molar-refractivity contribution in [2.75, 3.05) is 4.90 Å². The van der Waals surface area contributed by atoms with E-state index in [-0.39, 0.29) is 5.41 Å². The predicted octanol–water partition coefficient (Wildman–Crippen LogP) is 17.5. The van der Waals surface area contributed by atoms with Crippen LogP contribution < -0.4 is 4.90 Å². The molecule has 0 spiro atoms. The van der Waals surface area contributed by atoms with Crippen LogP contribution >= 0.6 is 0 Å². The average molecular weight is 856 g/mol. The van der Waals surface area contributed by atoms with Gasteiger partial charge in [-0.3, -0.25) is 0 Å². The Morgan fingerprint density at radius 1 is 0.328 bits per heavy atom. The van der Waals surface area contributed by atoms with Gasteiger partial charge in [-0.2, -0.15) is 0 Å². The number of hydrogen-bond acceptors (Lipinski definition) is 1. The summed E-state index contributed by atoms with van der Waals surface area (Å²) in [4.78, 5) is 2.41. The van der Waals surface area contributed by atoms with Crippen molar-refractivity contribution in [3.8, 4) is 55.6 Å². The van der Waals surface area contributed by atoms with Crippen LogP contribution in [0, 0.1) is 0 Å². The number of anilines is 3. The predicted molar refractivity (Wildman–Crippen MR) is 282 cm³/mol. The summed E-state index contributed by atoms with van der Waals surface area (Å²) in [6.07, 6.45) is 1.92. The fraction of sp³-hybridized carbons (Fsp3) is 0.0606. The van der Waals surface area contributed by atoms with Gasteiger partial charge in [0.1, 0.15) is 0 Å². The van der Waals surface area contributed by atoms with Crippen molar-refractivity contribution in [2.24, 2.45) is 0 Å². The van der Waals surface area contributed by atoms with Gasteiger partial charge in [-0.05, 0) is 149 Å². The van der Waals surface area contributed by atoms with Crippen LogP contribution in [0.1, 0.15) is 52.8 Å². The summed E-state index contributed by atoms with van der Waals surface area (Å²) in [5.41, 5.74) is 23.9. The van der Waals surface area contributed by atoms with Crippen LogP contribution in [-0.2, 0) is 10.8 Å². The molecule has 10 aromatic carbocycles. The fourth-order valence-corrected chi connectivity index (χ4v) is 11.2. The molecule has 0 bridgehead atoms. The molecule has 12 rings (SSSR count). The van der Waals surface area contributed by atoms with E-state index in [1.54, 1.807) is 0 Å². The monoisotopic (exact) mass is 855 g/mol. The van der Waals surface area contributed by atoms with Crippen molar-refractivity contribution in [3.05, 3.63) is 288 Å². The minimum Gasteiger partial charge on any atom is -0.310 e. The molecule has 0 saturated carbocycles. The normalized spacial score (nSPS) is 15.0. The molecule has 2 aliphatic rings. The Bertz CT molecular complexity index is 3490. The zero-order valence-electron chi connectivity index (χ0n) is 37.8. The number of hydrogen-bond donors (Lipinski definition) is 0. The molecule has 1 heteroatoms. The molecule has 0 fully saturated rings. The van der Waals surface area contributed by atoms with Gasteiger partial charge in [-0.25, -0.2) is 0 Å². The van der Waals surface area contributed by atoms with E-state index in [9.17, 15) is 0 Å². The molecule has 1 atom stereocenters. The molecule has 0 radical (unpaired) electrons. The largest absolute Gasteiger partial charge is 0.310 e. The third-order valence-corrected chi connectivity index (χ3v) is 14.5. The molecule has 0 amide bonds. The van der Waals surface area contributed by atoms with Crippen molar-refractivity contribution >= 4 is 23.1 Å². The Labute approximate surface area is 394 Å². The van der Waals surface area contributed by atoms with E-state index < -0.39 is 5.41 Å². The van der Waals surface area contributed by atoms with Crippen molar-refractivity contribution in [2.45, 2.75) is 24.7 Å². The summed E-state index contributed by atoms with van der Waals surface area (Å²) in [6.45, 7) is 8.77. The SMILES string of the molecule is C=Cc1cccc(-c2cccc(C3(c4ccccc4)c4ccccc4-c4ccc(-c5ccc(N(c6ccc(-c7ccccc7)cc6)c6ccc7c(c6)C(C)(C)c6ccccc6-7)cc5)cc43)c2)c1. The molecule has 0 N–H and O–H groups in total. The molecule has 1 nitrogen and oxygen atoms in total. The number of fused-ring (bicyclic) bond motifs is 6. The summed E-state index contributed by atoms with van der Waals surface area (Å²) in [5.74, 6) is 0. The van der Waals surface area contributed by atoms with Crippen LogP contribution in [0.2, 0.25) is 0 Å². The first kappa shape index (κ1) is 40.3. The highest BCUT2D eigenvalue weighted by Crippen LogP contribution is 2.57. The van der Waals surface area contributed by atoms with Crippen molar-refractivity contribution < 1.29 is 0 Å². The van der Waals surface area contributed by atoms with Gasteiger partial charge in [0.2, 0.25) is 0 Å². The first-order valence-electron chi connectivity index (χ1n) is 23.4. The van der Waals surface area contributed by atoms with Crippen molar-refractivity contribution in [1.29, 1.82) is 0 Å². The van der Waals surface area contributed by atoms with Crippen LogP contribution in [0.4, 0.5) is 17.1 Å². The van der Waals surface area contributed by atoms with Gasteiger partial charge in [0, 0.05) is 22.5 Å². The van der Waals surface area contributed by atoms with Gasteiger partial charge in [0.15, 0.2) is 0 Å². The first-order chi connectivity index (χ1) is 32.9. The lowest BCUT2D eigenvalue weighted by Gasteiger charge is -2.34. The molecular formula is C66H49N. The highest BCUT2D eigenvalue weighted by molar-refractivity contribution is 5.90. The Balaban J connectivity index is 0.985. The second-order valence-electron chi connectivity index (χ2n) is 18.5. The van der Waals surface area contributed by atoms with Crippen LogP contribution in [0.25, 0.3) is 61.7 Å². The quantitative estimate of drug-likeness (QED) is 0.140. The number of nitrogens with zero attached hydrogens (tertiary/aromatic N) is 1. The zero-order valence-corrected chi connectivity index (χ0v) is 37.8. The molecule has 0 aliphatic heterocycles. The topological polar surface area (TPSA) is 3.24 Å². The summed E-state index contributed by atoms with van der Waals surface area (Å²) >= 11 is 0. The lowest BCUT2D eigenvalue weighted by atomic mass is 9.67. The smallest absolute Gasteiger partial charge is 0.0713 e. The fourth-order valence-electron chi connectivity index (χ4n) is 11.2. The van der Waals surface area contributed by atoms with E-state index in [0.29, 0.717) is 0 Å². The first-order valence-corrected chi connectivity index (χ1v) is 23.4. The minimum atomic E-state index is -0.543. The van der Waals surface area contributed by atoms with Gasteiger partial charge >= 0.3 is 0 Å². The van der Waals surface area contributed by atoms with Crippen molar-refractivity contribution in [1.82, 2.24) is 0 Å². The molecule has 2 aliphatic carbocycles. The average Bonchev–Trinajstić information content (AvgIpc) is 3.82. The molecule has 318 valence electrons. The van der Waals surface area contributed by atoms with E-state index in [2.05, 4.69) is 268 Å². The third kappa shape index (κ3) is 6.53. The lowest BCUT2D eigenvalue weighted by Crippen LogP contribution is -2.28. The minimum absolute atomic E-state index is 0.116. The summed E-state index contributed by atoms with van der Waals surface area (Å²) < 4.78 is 0. The second-order valence-corrected chi connectivity index (χ2v) is 18.5. The highest BCUT2D eigenvalue weighted by atomic mass is 15.1. The van der Waals surface area contributed by atoms with Crippen LogP contribution in [0.3, 0.4) is 0 Å². The van der Waals surface area contributed by atoms with Gasteiger partial charge in [0.05, 0.1) is 5.41 Å². The van der Waals surface area contributed by atoms with Crippen LogP contribution in [0.15, 0.2) is 249 Å². The molecule has 67 heavy (non-hydrogen) atoms. The zero-order chi connectivity index (χ0) is 45.1. The molecular weight excluding hydrogens is 807 g/mol. The maximum Gasteiger partial charge on any atom is 0.0713 e. The van der Waals surface area contributed by atoms with Gasteiger partial charge < -0.3 is 4.90 Å². The maximum atomic E-state index is 4.05. The summed E-state index contributed by atoms with van der Waals surface area (Å²) in [7, 11) is 0.